The highest BCUT2D eigenvalue weighted by molar-refractivity contribution is 5.78. The maximum Gasteiger partial charge on any atom is 0.303 e. The van der Waals surface area contributed by atoms with Gasteiger partial charge in [0.25, 0.3) is 0 Å². The molecule has 2 N–H and O–H groups in total. The fourth-order valence-corrected chi connectivity index (χ4v) is 2.08. The van der Waals surface area contributed by atoms with Gasteiger partial charge in [0.05, 0.1) is 0 Å². The molecule has 0 atom stereocenters. The van der Waals surface area contributed by atoms with Gasteiger partial charge < -0.3 is 10.4 Å². The zero-order valence-corrected chi connectivity index (χ0v) is 8.45. The van der Waals surface area contributed by atoms with Crippen molar-refractivity contribution in [1.82, 2.24) is 5.32 Å². The third kappa shape index (κ3) is 3.01. The van der Waals surface area contributed by atoms with E-state index in [1.165, 1.54) is 0 Å². The number of rotatable bonds is 3. The molecular formula is C10H17NO3. The van der Waals surface area contributed by atoms with Crippen molar-refractivity contribution in [3.05, 3.63) is 0 Å². The van der Waals surface area contributed by atoms with E-state index in [2.05, 4.69) is 5.32 Å². The van der Waals surface area contributed by atoms with Gasteiger partial charge in [-0.3, -0.25) is 9.59 Å². The lowest BCUT2D eigenvalue weighted by Crippen LogP contribution is -2.30. The summed E-state index contributed by atoms with van der Waals surface area (Å²) in [6.07, 6.45) is 3.64. The number of nitrogens with one attached hydrogen (secondary N) is 1. The predicted molar refractivity (Wildman–Crippen MR) is 51.8 cm³/mol. The van der Waals surface area contributed by atoms with E-state index in [1.54, 1.807) is 7.05 Å². The lowest BCUT2D eigenvalue weighted by molar-refractivity contribution is -0.138. The van der Waals surface area contributed by atoms with Gasteiger partial charge in [-0.1, -0.05) is 0 Å². The number of carbonyl (C=O) groups is 2. The van der Waals surface area contributed by atoms with Crippen molar-refractivity contribution in [2.24, 2.45) is 11.8 Å². The first kappa shape index (κ1) is 11.0. The molecule has 0 unspecified atom stereocenters. The van der Waals surface area contributed by atoms with Crippen LogP contribution in [0, 0.1) is 11.8 Å². The van der Waals surface area contributed by atoms with Crippen LogP contribution in [-0.2, 0) is 9.59 Å². The minimum Gasteiger partial charge on any atom is -0.481 e. The number of carboxylic acids is 1. The third-order valence-electron chi connectivity index (χ3n) is 2.93. The summed E-state index contributed by atoms with van der Waals surface area (Å²) in [6.45, 7) is 0. The Hall–Kier alpha value is -1.06. The zero-order valence-electron chi connectivity index (χ0n) is 8.45. The van der Waals surface area contributed by atoms with E-state index in [4.69, 9.17) is 5.11 Å². The third-order valence-corrected chi connectivity index (χ3v) is 2.93. The molecule has 1 rings (SSSR count). The number of aliphatic carboxylic acids is 1. The second kappa shape index (κ2) is 4.98. The van der Waals surface area contributed by atoms with Gasteiger partial charge in [-0.05, 0) is 31.6 Å². The molecule has 1 aliphatic carbocycles. The summed E-state index contributed by atoms with van der Waals surface area (Å²) in [5, 5.41) is 11.2. The summed E-state index contributed by atoms with van der Waals surface area (Å²) in [6, 6.07) is 0. The van der Waals surface area contributed by atoms with Gasteiger partial charge in [0, 0.05) is 19.4 Å². The Morgan fingerprint density at radius 2 is 1.86 bits per heavy atom. The van der Waals surface area contributed by atoms with E-state index < -0.39 is 5.97 Å². The summed E-state index contributed by atoms with van der Waals surface area (Å²) in [5.74, 6) is -0.259. The molecule has 0 saturated heterocycles. The standard InChI is InChI=1S/C10H17NO3/c1-11-10(14)8-4-2-7(3-5-8)6-9(12)13/h7-8H,2-6H2,1H3,(H,11,14)(H,12,13). The van der Waals surface area contributed by atoms with Crippen LogP contribution in [0.4, 0.5) is 0 Å². The molecule has 0 aromatic rings. The first-order valence-electron chi connectivity index (χ1n) is 5.07. The van der Waals surface area contributed by atoms with Crippen molar-refractivity contribution in [2.45, 2.75) is 32.1 Å². The van der Waals surface area contributed by atoms with E-state index in [0.29, 0.717) is 0 Å². The predicted octanol–water partition coefficient (Wildman–Crippen LogP) is 1.01. The smallest absolute Gasteiger partial charge is 0.303 e. The molecule has 1 amide bonds. The molecule has 14 heavy (non-hydrogen) atoms. The van der Waals surface area contributed by atoms with Gasteiger partial charge in [-0.15, -0.1) is 0 Å². The average molecular weight is 199 g/mol. The molecule has 0 radical (unpaired) electrons. The van der Waals surface area contributed by atoms with E-state index in [-0.39, 0.29) is 24.2 Å². The molecule has 0 aliphatic heterocycles. The monoisotopic (exact) mass is 199 g/mol. The highest BCUT2D eigenvalue weighted by Crippen LogP contribution is 2.30. The first-order valence-corrected chi connectivity index (χ1v) is 5.07. The Bertz CT molecular complexity index is 219. The van der Waals surface area contributed by atoms with Crippen LogP contribution in [-0.4, -0.2) is 24.0 Å². The van der Waals surface area contributed by atoms with Crippen LogP contribution in [0.15, 0.2) is 0 Å². The largest absolute Gasteiger partial charge is 0.481 e. The lowest BCUT2D eigenvalue weighted by atomic mass is 9.80. The number of amides is 1. The summed E-state index contributed by atoms with van der Waals surface area (Å²) >= 11 is 0. The molecule has 4 heteroatoms. The van der Waals surface area contributed by atoms with E-state index in [1.807, 2.05) is 0 Å². The SMILES string of the molecule is CNC(=O)C1CCC(CC(=O)O)CC1. The van der Waals surface area contributed by atoms with Gasteiger partial charge in [-0.25, -0.2) is 0 Å². The fourth-order valence-electron chi connectivity index (χ4n) is 2.08. The Morgan fingerprint density at radius 3 is 2.29 bits per heavy atom. The maximum atomic E-state index is 11.3. The fraction of sp³-hybridized carbons (Fsp3) is 0.800. The van der Waals surface area contributed by atoms with Crippen molar-refractivity contribution in [1.29, 1.82) is 0 Å². The Balaban J connectivity index is 2.31. The van der Waals surface area contributed by atoms with E-state index in [9.17, 15) is 9.59 Å². The summed E-state index contributed by atoms with van der Waals surface area (Å²) in [7, 11) is 1.64. The number of hydrogen-bond acceptors (Lipinski definition) is 2. The minimum atomic E-state index is -0.728. The molecular weight excluding hydrogens is 182 g/mol. The number of carboxylic acid groups (broad SMARTS) is 1. The van der Waals surface area contributed by atoms with Crippen LogP contribution in [0.5, 0.6) is 0 Å². The summed E-state index contributed by atoms with van der Waals surface area (Å²) < 4.78 is 0. The zero-order chi connectivity index (χ0) is 10.6. The molecule has 1 aliphatic rings. The van der Waals surface area contributed by atoms with Crippen molar-refractivity contribution in [2.75, 3.05) is 7.05 Å². The quantitative estimate of drug-likeness (QED) is 0.713. The molecule has 0 aromatic heterocycles. The average Bonchev–Trinajstić information content (AvgIpc) is 2.17. The van der Waals surface area contributed by atoms with Crippen molar-refractivity contribution in [3.63, 3.8) is 0 Å². The van der Waals surface area contributed by atoms with Crippen LogP contribution in [0.1, 0.15) is 32.1 Å². The minimum absolute atomic E-state index is 0.0961. The van der Waals surface area contributed by atoms with Gasteiger partial charge in [0.1, 0.15) is 0 Å². The lowest BCUT2D eigenvalue weighted by Gasteiger charge is -2.26. The van der Waals surface area contributed by atoms with Crippen molar-refractivity contribution < 1.29 is 14.7 Å². The number of carbonyl (C=O) groups excluding carboxylic acids is 1. The first-order chi connectivity index (χ1) is 6.63. The van der Waals surface area contributed by atoms with Gasteiger partial charge in [-0.2, -0.15) is 0 Å². The second-order valence-corrected chi connectivity index (χ2v) is 3.93. The molecule has 4 nitrogen and oxygen atoms in total. The van der Waals surface area contributed by atoms with E-state index >= 15 is 0 Å². The van der Waals surface area contributed by atoms with E-state index in [0.717, 1.165) is 25.7 Å². The van der Waals surface area contributed by atoms with Crippen LogP contribution in [0.2, 0.25) is 0 Å². The van der Waals surface area contributed by atoms with Crippen LogP contribution in [0.3, 0.4) is 0 Å². The topological polar surface area (TPSA) is 66.4 Å². The molecule has 0 aromatic carbocycles. The number of hydrogen-bond donors (Lipinski definition) is 2. The van der Waals surface area contributed by atoms with Crippen LogP contribution >= 0.6 is 0 Å². The van der Waals surface area contributed by atoms with Gasteiger partial charge >= 0.3 is 5.97 Å². The van der Waals surface area contributed by atoms with Crippen LogP contribution < -0.4 is 5.32 Å². The molecule has 1 saturated carbocycles. The normalized spacial score (nSPS) is 26.9. The van der Waals surface area contributed by atoms with Crippen molar-refractivity contribution in [3.8, 4) is 0 Å². The molecule has 0 bridgehead atoms. The summed E-state index contributed by atoms with van der Waals surface area (Å²) in [4.78, 5) is 21.7. The molecule has 0 heterocycles. The Morgan fingerprint density at radius 1 is 1.29 bits per heavy atom. The van der Waals surface area contributed by atoms with Gasteiger partial charge in [0.15, 0.2) is 0 Å². The highest BCUT2D eigenvalue weighted by Gasteiger charge is 2.26. The molecule has 1 fully saturated rings. The Kier molecular flexibility index (Phi) is 3.92. The second-order valence-electron chi connectivity index (χ2n) is 3.93. The van der Waals surface area contributed by atoms with Gasteiger partial charge in [0.2, 0.25) is 5.91 Å². The molecule has 0 spiro atoms. The maximum absolute atomic E-state index is 11.3. The van der Waals surface area contributed by atoms with Crippen molar-refractivity contribution >= 4 is 11.9 Å². The van der Waals surface area contributed by atoms with Crippen LogP contribution in [0.25, 0.3) is 0 Å². The molecule has 80 valence electrons. The Labute approximate surface area is 83.7 Å². The highest BCUT2D eigenvalue weighted by atomic mass is 16.4. The summed E-state index contributed by atoms with van der Waals surface area (Å²) in [5.41, 5.74) is 0.